The number of nitrogens with zero attached hydrogens (tertiary/aromatic N) is 1. The van der Waals surface area contributed by atoms with Gasteiger partial charge in [-0.1, -0.05) is 45.5 Å². The Hall–Kier alpha value is -1.45. The zero-order valence-corrected chi connectivity index (χ0v) is 14.2. The molecule has 1 aliphatic rings. The smallest absolute Gasteiger partial charge is 0.372 e. The van der Waals surface area contributed by atoms with Crippen molar-refractivity contribution in [1.82, 2.24) is 4.90 Å². The van der Waals surface area contributed by atoms with E-state index >= 15 is 0 Å². The van der Waals surface area contributed by atoms with Gasteiger partial charge in [0, 0.05) is 18.3 Å². The van der Waals surface area contributed by atoms with E-state index in [2.05, 4.69) is 32.3 Å². The number of halogens is 3. The molecule has 2 rings (SSSR count). The monoisotopic (exact) mass is 325 g/mol. The molecule has 23 heavy (non-hydrogen) atoms. The van der Waals surface area contributed by atoms with Gasteiger partial charge in [-0.25, -0.2) is 0 Å². The Bertz CT molecular complexity index is 554. The van der Waals surface area contributed by atoms with E-state index in [4.69, 9.17) is 0 Å². The van der Waals surface area contributed by atoms with Crippen LogP contribution in [0.1, 0.15) is 51.2 Å². The molecule has 1 fully saturated rings. The molecule has 128 valence electrons. The summed E-state index contributed by atoms with van der Waals surface area (Å²) in [7, 11) is 0. The van der Waals surface area contributed by atoms with Crippen molar-refractivity contribution < 1.29 is 13.2 Å². The molecule has 4 heteroatoms. The molecule has 1 heterocycles. The zero-order chi connectivity index (χ0) is 17.3. The normalized spacial score (nSPS) is 19.2. The van der Waals surface area contributed by atoms with Gasteiger partial charge >= 0.3 is 6.18 Å². The van der Waals surface area contributed by atoms with E-state index < -0.39 is 11.7 Å². The minimum Gasteiger partial charge on any atom is -0.372 e. The lowest BCUT2D eigenvalue weighted by atomic mass is 9.90. The van der Waals surface area contributed by atoms with Crippen LogP contribution >= 0.6 is 0 Å². The van der Waals surface area contributed by atoms with Crippen molar-refractivity contribution in [3.05, 3.63) is 47.7 Å². The van der Waals surface area contributed by atoms with Gasteiger partial charge in [0.2, 0.25) is 0 Å². The van der Waals surface area contributed by atoms with Crippen LogP contribution in [0.2, 0.25) is 0 Å². The Morgan fingerprint density at radius 1 is 1.26 bits per heavy atom. The first-order valence-corrected chi connectivity index (χ1v) is 8.17. The van der Waals surface area contributed by atoms with Crippen LogP contribution in [0.3, 0.4) is 0 Å². The third kappa shape index (κ3) is 5.02. The van der Waals surface area contributed by atoms with Crippen molar-refractivity contribution in [2.75, 3.05) is 6.54 Å². The molecule has 0 N–H and O–H groups in total. The van der Waals surface area contributed by atoms with Crippen molar-refractivity contribution in [2.45, 2.75) is 58.7 Å². The van der Waals surface area contributed by atoms with Gasteiger partial charge in [0.05, 0.1) is 5.56 Å². The minimum atomic E-state index is -4.28. The number of hydrogen-bond donors (Lipinski definition) is 0. The molecule has 0 aliphatic carbocycles. The second-order valence-corrected chi connectivity index (χ2v) is 7.70. The summed E-state index contributed by atoms with van der Waals surface area (Å²) in [5, 5.41) is 0. The molecular weight excluding hydrogens is 299 g/mol. The Balaban J connectivity index is 2.08. The number of alkyl halides is 3. The van der Waals surface area contributed by atoms with E-state index in [1.807, 2.05) is 0 Å². The quantitative estimate of drug-likeness (QED) is 0.690. The van der Waals surface area contributed by atoms with E-state index in [0.29, 0.717) is 6.42 Å². The van der Waals surface area contributed by atoms with Crippen LogP contribution in [0.5, 0.6) is 0 Å². The Morgan fingerprint density at radius 2 is 1.96 bits per heavy atom. The molecule has 0 spiro atoms. The summed E-state index contributed by atoms with van der Waals surface area (Å²) < 4.78 is 38.5. The topological polar surface area (TPSA) is 3.24 Å². The van der Waals surface area contributed by atoms with Crippen LogP contribution in [-0.4, -0.2) is 17.5 Å². The van der Waals surface area contributed by atoms with Crippen molar-refractivity contribution in [3.8, 4) is 0 Å². The number of allylic oxidation sites excluding steroid dienone is 1. The molecule has 1 aromatic carbocycles. The molecule has 1 aliphatic heterocycles. The largest absolute Gasteiger partial charge is 0.416 e. The molecule has 0 bridgehead atoms. The van der Waals surface area contributed by atoms with Gasteiger partial charge in [-0.15, -0.1) is 0 Å². The van der Waals surface area contributed by atoms with Crippen LogP contribution in [-0.2, 0) is 12.6 Å². The zero-order valence-electron chi connectivity index (χ0n) is 14.2. The minimum absolute atomic E-state index is 0.167. The highest BCUT2D eigenvalue weighted by Gasteiger charge is 2.31. The maximum Gasteiger partial charge on any atom is 0.416 e. The lowest BCUT2D eigenvalue weighted by molar-refractivity contribution is -0.137. The van der Waals surface area contributed by atoms with Crippen molar-refractivity contribution >= 4 is 0 Å². The van der Waals surface area contributed by atoms with Crippen molar-refractivity contribution in [2.24, 2.45) is 5.41 Å². The van der Waals surface area contributed by atoms with E-state index in [0.717, 1.165) is 43.1 Å². The van der Waals surface area contributed by atoms with Gasteiger partial charge in [0.1, 0.15) is 0 Å². The lowest BCUT2D eigenvalue weighted by Crippen LogP contribution is -2.31. The van der Waals surface area contributed by atoms with E-state index in [1.165, 1.54) is 12.1 Å². The first-order chi connectivity index (χ1) is 10.6. The summed E-state index contributed by atoms with van der Waals surface area (Å²) in [6.45, 7) is 11.7. The number of hydrogen-bond acceptors (Lipinski definition) is 1. The summed E-state index contributed by atoms with van der Waals surface area (Å²) >= 11 is 0. The number of rotatable bonds is 4. The molecule has 0 saturated carbocycles. The first kappa shape index (κ1) is 17.9. The molecule has 0 radical (unpaired) electrons. The average molecular weight is 325 g/mol. The maximum absolute atomic E-state index is 12.8. The highest BCUT2D eigenvalue weighted by Crippen LogP contribution is 2.33. The van der Waals surface area contributed by atoms with Gasteiger partial charge in [-0.3, -0.25) is 0 Å². The van der Waals surface area contributed by atoms with E-state index in [9.17, 15) is 13.2 Å². The predicted molar refractivity (Wildman–Crippen MR) is 88.1 cm³/mol. The van der Waals surface area contributed by atoms with Gasteiger partial charge < -0.3 is 4.90 Å². The highest BCUT2D eigenvalue weighted by atomic mass is 19.4. The second kappa shape index (κ2) is 6.58. The number of benzene rings is 1. The highest BCUT2D eigenvalue weighted by molar-refractivity contribution is 5.26. The van der Waals surface area contributed by atoms with Crippen LogP contribution < -0.4 is 0 Å². The third-order valence-electron chi connectivity index (χ3n) is 4.24. The Morgan fingerprint density at radius 3 is 2.57 bits per heavy atom. The van der Waals surface area contributed by atoms with Gasteiger partial charge in [0.25, 0.3) is 0 Å². The molecule has 0 aromatic heterocycles. The van der Waals surface area contributed by atoms with Crippen LogP contribution in [0, 0.1) is 5.41 Å². The van der Waals surface area contributed by atoms with Crippen LogP contribution in [0.15, 0.2) is 36.5 Å². The van der Waals surface area contributed by atoms with Crippen molar-refractivity contribution in [3.63, 3.8) is 0 Å². The molecule has 0 amide bonds. The fraction of sp³-hybridized carbons (Fsp3) is 0.579. The van der Waals surface area contributed by atoms with Crippen LogP contribution in [0.4, 0.5) is 13.2 Å². The lowest BCUT2D eigenvalue weighted by Gasteiger charge is -2.32. The van der Waals surface area contributed by atoms with Crippen molar-refractivity contribution in [1.29, 1.82) is 0 Å². The predicted octanol–water partition coefficient (Wildman–Crippen LogP) is 5.66. The van der Waals surface area contributed by atoms with Gasteiger partial charge in [-0.2, -0.15) is 13.2 Å². The van der Waals surface area contributed by atoms with Gasteiger partial charge in [0.15, 0.2) is 0 Å². The molecule has 1 atom stereocenters. The maximum atomic E-state index is 12.8. The van der Waals surface area contributed by atoms with E-state index in [-0.39, 0.29) is 11.5 Å². The molecule has 1 nitrogen and oxygen atoms in total. The Kier molecular flexibility index (Phi) is 5.12. The third-order valence-corrected chi connectivity index (χ3v) is 4.24. The average Bonchev–Trinajstić information content (AvgIpc) is 2.84. The van der Waals surface area contributed by atoms with Crippen LogP contribution in [0.25, 0.3) is 0 Å². The standard InChI is InChI=1S/C19H26F3N/c1-14(13-18(2,3)4)23-10-6-9-17(23)12-15-7-5-8-16(11-15)19(20,21)22/h5,7-8,11,17H,1,6,9-10,12-13H2,2-4H3. The molecule has 1 unspecified atom stereocenters. The summed E-state index contributed by atoms with van der Waals surface area (Å²) in [4.78, 5) is 2.30. The summed E-state index contributed by atoms with van der Waals surface area (Å²) in [6, 6.07) is 5.96. The summed E-state index contributed by atoms with van der Waals surface area (Å²) in [5.41, 5.74) is 1.46. The van der Waals surface area contributed by atoms with Gasteiger partial charge in [-0.05, 0) is 42.7 Å². The first-order valence-electron chi connectivity index (χ1n) is 8.17. The molecule has 1 saturated heterocycles. The molecular formula is C19H26F3N. The van der Waals surface area contributed by atoms with E-state index in [1.54, 1.807) is 6.07 Å². The summed E-state index contributed by atoms with van der Waals surface area (Å²) in [6.07, 6.45) is -0.632. The SMILES string of the molecule is C=C(CC(C)(C)C)N1CCCC1Cc1cccc(C(F)(F)F)c1. The summed E-state index contributed by atoms with van der Waals surface area (Å²) in [5.74, 6) is 0. The second-order valence-electron chi connectivity index (χ2n) is 7.70. The fourth-order valence-corrected chi connectivity index (χ4v) is 3.32. The molecule has 1 aromatic rings. The number of likely N-dealkylation sites (tertiary alicyclic amines) is 1. The fourth-order valence-electron chi connectivity index (χ4n) is 3.32. The Labute approximate surface area is 137 Å².